The Balaban J connectivity index is 2.46. The summed E-state index contributed by atoms with van der Waals surface area (Å²) in [6.07, 6.45) is 8.54. The second-order valence-electron chi connectivity index (χ2n) is 7.33. The van der Waals surface area contributed by atoms with E-state index in [0.717, 1.165) is 13.2 Å². The van der Waals surface area contributed by atoms with Gasteiger partial charge in [0.15, 0.2) is 0 Å². The SMILES string of the molecule is CC(C)OCCC1(CNC(C)(C)C)CCCCC1. The molecule has 1 fully saturated rings. The summed E-state index contributed by atoms with van der Waals surface area (Å²) in [6.45, 7) is 13.1. The van der Waals surface area contributed by atoms with Crippen LogP contribution in [-0.4, -0.2) is 24.8 Å². The fourth-order valence-corrected chi connectivity index (χ4v) is 2.78. The third-order valence-electron chi connectivity index (χ3n) is 3.99. The summed E-state index contributed by atoms with van der Waals surface area (Å²) >= 11 is 0. The Hall–Kier alpha value is -0.0800. The zero-order chi connectivity index (χ0) is 13.6. The summed E-state index contributed by atoms with van der Waals surface area (Å²) in [4.78, 5) is 0. The van der Waals surface area contributed by atoms with E-state index in [9.17, 15) is 0 Å². The molecule has 0 bridgehead atoms. The van der Waals surface area contributed by atoms with Crippen LogP contribution >= 0.6 is 0 Å². The second kappa shape index (κ2) is 6.91. The van der Waals surface area contributed by atoms with Crippen LogP contribution in [0.1, 0.15) is 73.1 Å². The fraction of sp³-hybridized carbons (Fsp3) is 1.00. The number of hydrogen-bond donors (Lipinski definition) is 1. The maximum atomic E-state index is 5.77. The van der Waals surface area contributed by atoms with Gasteiger partial charge in [-0.15, -0.1) is 0 Å². The first-order chi connectivity index (χ1) is 8.33. The number of rotatable bonds is 6. The summed E-state index contributed by atoms with van der Waals surface area (Å²) in [6, 6.07) is 0. The van der Waals surface area contributed by atoms with Gasteiger partial charge in [0.25, 0.3) is 0 Å². The first-order valence-electron chi connectivity index (χ1n) is 7.70. The Kier molecular flexibility index (Phi) is 6.13. The van der Waals surface area contributed by atoms with Crippen molar-refractivity contribution >= 4 is 0 Å². The van der Waals surface area contributed by atoms with Crippen molar-refractivity contribution in [3.05, 3.63) is 0 Å². The molecule has 2 nitrogen and oxygen atoms in total. The van der Waals surface area contributed by atoms with Gasteiger partial charge >= 0.3 is 0 Å². The smallest absolute Gasteiger partial charge is 0.0518 e. The number of ether oxygens (including phenoxy) is 1. The van der Waals surface area contributed by atoms with Gasteiger partial charge in [-0.25, -0.2) is 0 Å². The third-order valence-corrected chi connectivity index (χ3v) is 3.99. The van der Waals surface area contributed by atoms with Crippen LogP contribution in [0.15, 0.2) is 0 Å². The van der Waals surface area contributed by atoms with Crippen LogP contribution in [0.5, 0.6) is 0 Å². The summed E-state index contributed by atoms with van der Waals surface area (Å²) in [7, 11) is 0. The van der Waals surface area contributed by atoms with Crippen LogP contribution in [0.25, 0.3) is 0 Å². The van der Waals surface area contributed by atoms with E-state index < -0.39 is 0 Å². The van der Waals surface area contributed by atoms with Gasteiger partial charge < -0.3 is 10.1 Å². The molecule has 1 N–H and O–H groups in total. The maximum Gasteiger partial charge on any atom is 0.0518 e. The topological polar surface area (TPSA) is 21.3 Å². The van der Waals surface area contributed by atoms with E-state index in [0.29, 0.717) is 11.5 Å². The zero-order valence-corrected chi connectivity index (χ0v) is 13.1. The number of hydrogen-bond acceptors (Lipinski definition) is 2. The van der Waals surface area contributed by atoms with Crippen molar-refractivity contribution in [2.24, 2.45) is 5.41 Å². The Morgan fingerprint density at radius 1 is 1.11 bits per heavy atom. The van der Waals surface area contributed by atoms with Crippen molar-refractivity contribution in [2.45, 2.75) is 84.8 Å². The minimum Gasteiger partial charge on any atom is -0.379 e. The van der Waals surface area contributed by atoms with Gasteiger partial charge in [-0.05, 0) is 59.3 Å². The minimum atomic E-state index is 0.226. The Morgan fingerprint density at radius 2 is 1.72 bits per heavy atom. The quantitative estimate of drug-likeness (QED) is 0.770. The molecule has 0 aromatic rings. The summed E-state index contributed by atoms with van der Waals surface area (Å²) in [5.41, 5.74) is 0.712. The van der Waals surface area contributed by atoms with E-state index in [-0.39, 0.29) is 5.54 Å². The van der Waals surface area contributed by atoms with E-state index in [1.165, 1.54) is 38.5 Å². The van der Waals surface area contributed by atoms with Crippen molar-refractivity contribution in [3.8, 4) is 0 Å². The average Bonchev–Trinajstić information content (AvgIpc) is 2.27. The van der Waals surface area contributed by atoms with Gasteiger partial charge in [-0.3, -0.25) is 0 Å². The van der Waals surface area contributed by atoms with Crippen molar-refractivity contribution in [1.82, 2.24) is 5.32 Å². The highest BCUT2D eigenvalue weighted by Crippen LogP contribution is 2.39. The lowest BCUT2D eigenvalue weighted by Crippen LogP contribution is -2.45. The van der Waals surface area contributed by atoms with Gasteiger partial charge in [-0.1, -0.05) is 19.3 Å². The van der Waals surface area contributed by atoms with Crippen molar-refractivity contribution in [2.75, 3.05) is 13.2 Å². The molecule has 0 saturated heterocycles. The average molecular weight is 255 g/mol. The molecule has 0 aromatic heterocycles. The molecule has 0 heterocycles. The summed E-state index contributed by atoms with van der Waals surface area (Å²) in [5.74, 6) is 0. The molecule has 0 atom stereocenters. The lowest BCUT2D eigenvalue weighted by molar-refractivity contribution is 0.0368. The molecule has 0 aromatic carbocycles. The highest BCUT2D eigenvalue weighted by molar-refractivity contribution is 4.87. The second-order valence-corrected chi connectivity index (χ2v) is 7.33. The van der Waals surface area contributed by atoms with E-state index in [2.05, 4.69) is 39.9 Å². The molecule has 1 aliphatic carbocycles. The monoisotopic (exact) mass is 255 g/mol. The number of nitrogens with one attached hydrogen (secondary N) is 1. The normalized spacial score (nSPS) is 20.3. The molecule has 1 saturated carbocycles. The molecule has 0 aliphatic heterocycles. The third kappa shape index (κ3) is 6.19. The van der Waals surface area contributed by atoms with E-state index >= 15 is 0 Å². The van der Waals surface area contributed by atoms with Crippen molar-refractivity contribution in [3.63, 3.8) is 0 Å². The fourth-order valence-electron chi connectivity index (χ4n) is 2.78. The Labute approximate surface area is 114 Å². The molecule has 0 radical (unpaired) electrons. The maximum absolute atomic E-state index is 5.77. The van der Waals surface area contributed by atoms with Crippen LogP contribution in [0, 0.1) is 5.41 Å². The van der Waals surface area contributed by atoms with Gasteiger partial charge in [0, 0.05) is 18.7 Å². The standard InChI is InChI=1S/C16H33NO/c1-14(2)18-12-11-16(9-7-6-8-10-16)13-17-15(3,4)5/h14,17H,6-13H2,1-5H3. The molecule has 0 spiro atoms. The first kappa shape index (κ1) is 16.0. The van der Waals surface area contributed by atoms with Crippen molar-refractivity contribution < 1.29 is 4.74 Å². The molecule has 1 rings (SSSR count). The van der Waals surface area contributed by atoms with Crippen molar-refractivity contribution in [1.29, 1.82) is 0 Å². The summed E-state index contributed by atoms with van der Waals surface area (Å²) < 4.78 is 5.77. The van der Waals surface area contributed by atoms with Crippen LogP contribution < -0.4 is 5.32 Å². The first-order valence-corrected chi connectivity index (χ1v) is 7.70. The predicted molar refractivity (Wildman–Crippen MR) is 79.0 cm³/mol. The lowest BCUT2D eigenvalue weighted by Gasteiger charge is -2.40. The molecular formula is C16H33NO. The van der Waals surface area contributed by atoms with Crippen LogP contribution in [0.4, 0.5) is 0 Å². The predicted octanol–water partition coefficient (Wildman–Crippen LogP) is 4.14. The van der Waals surface area contributed by atoms with E-state index in [4.69, 9.17) is 4.74 Å². The molecule has 108 valence electrons. The van der Waals surface area contributed by atoms with Crippen LogP contribution in [0.2, 0.25) is 0 Å². The largest absolute Gasteiger partial charge is 0.379 e. The van der Waals surface area contributed by atoms with Gasteiger partial charge in [-0.2, -0.15) is 0 Å². The van der Waals surface area contributed by atoms with Crippen LogP contribution in [0.3, 0.4) is 0 Å². The minimum absolute atomic E-state index is 0.226. The molecule has 0 unspecified atom stereocenters. The molecule has 2 heteroatoms. The van der Waals surface area contributed by atoms with E-state index in [1.54, 1.807) is 0 Å². The van der Waals surface area contributed by atoms with Gasteiger partial charge in [0.05, 0.1) is 6.10 Å². The molecule has 1 aliphatic rings. The van der Waals surface area contributed by atoms with Gasteiger partial charge in [0.1, 0.15) is 0 Å². The zero-order valence-electron chi connectivity index (χ0n) is 13.1. The Morgan fingerprint density at radius 3 is 2.22 bits per heavy atom. The van der Waals surface area contributed by atoms with Gasteiger partial charge in [0.2, 0.25) is 0 Å². The molecule has 18 heavy (non-hydrogen) atoms. The highest BCUT2D eigenvalue weighted by atomic mass is 16.5. The van der Waals surface area contributed by atoms with E-state index in [1.807, 2.05) is 0 Å². The highest BCUT2D eigenvalue weighted by Gasteiger charge is 2.32. The molecule has 0 amide bonds. The molecular weight excluding hydrogens is 222 g/mol. The Bertz CT molecular complexity index is 224. The lowest BCUT2D eigenvalue weighted by atomic mass is 9.71. The van der Waals surface area contributed by atoms with Crippen LogP contribution in [-0.2, 0) is 4.74 Å². The summed E-state index contributed by atoms with van der Waals surface area (Å²) in [5, 5.41) is 3.71.